The molecule has 1 amide bonds. The number of carbonyl (C=O) groups is 1. The Morgan fingerprint density at radius 3 is 2.64 bits per heavy atom. The molecule has 0 unspecified atom stereocenters. The first-order valence-electron chi connectivity index (χ1n) is 13.6. The largest absolute Gasteiger partial charge is 0.493 e. The maximum atomic E-state index is 13.5. The van der Waals surface area contributed by atoms with Crippen molar-refractivity contribution in [2.45, 2.75) is 31.7 Å². The number of benzene rings is 2. The van der Waals surface area contributed by atoms with Crippen LogP contribution in [0.5, 0.6) is 5.75 Å². The van der Waals surface area contributed by atoms with Crippen LogP contribution in [0.4, 0.5) is 5.69 Å². The van der Waals surface area contributed by atoms with Crippen molar-refractivity contribution in [2.75, 3.05) is 44.7 Å². The second-order valence-electron chi connectivity index (χ2n) is 10.4. The van der Waals surface area contributed by atoms with Gasteiger partial charge in [0.2, 0.25) is 5.91 Å². The van der Waals surface area contributed by atoms with Gasteiger partial charge >= 0.3 is 0 Å². The lowest BCUT2D eigenvalue weighted by Crippen LogP contribution is -2.54. The summed E-state index contributed by atoms with van der Waals surface area (Å²) < 4.78 is 5.82. The summed E-state index contributed by atoms with van der Waals surface area (Å²) in [6.07, 6.45) is 4.17. The molecule has 2 fully saturated rings. The molecular formula is C31H34ClN5O2. The van der Waals surface area contributed by atoms with Crippen molar-refractivity contribution in [1.82, 2.24) is 15.2 Å². The van der Waals surface area contributed by atoms with Crippen LogP contribution >= 0.6 is 11.6 Å². The number of ether oxygens (including phenoxy) is 1. The van der Waals surface area contributed by atoms with Crippen molar-refractivity contribution < 1.29 is 9.53 Å². The maximum absolute atomic E-state index is 13.5. The van der Waals surface area contributed by atoms with Gasteiger partial charge in [-0.1, -0.05) is 29.8 Å². The van der Waals surface area contributed by atoms with Gasteiger partial charge in [-0.2, -0.15) is 5.26 Å². The normalized spacial score (nSPS) is 18.9. The van der Waals surface area contributed by atoms with Crippen LogP contribution in [-0.2, 0) is 10.3 Å². The number of para-hydroxylation sites is 1. The highest BCUT2D eigenvalue weighted by Crippen LogP contribution is 2.38. The number of pyridine rings is 1. The monoisotopic (exact) mass is 543 g/mol. The molecule has 1 atom stereocenters. The van der Waals surface area contributed by atoms with Crippen LogP contribution in [0.25, 0.3) is 11.3 Å². The lowest BCUT2D eigenvalue weighted by atomic mass is 9.80. The van der Waals surface area contributed by atoms with Gasteiger partial charge in [0.25, 0.3) is 0 Å². The predicted octanol–water partition coefficient (Wildman–Crippen LogP) is 5.24. The van der Waals surface area contributed by atoms with E-state index in [4.69, 9.17) is 21.3 Å². The highest BCUT2D eigenvalue weighted by Gasteiger charge is 2.40. The van der Waals surface area contributed by atoms with Crippen LogP contribution in [0.2, 0.25) is 5.02 Å². The lowest BCUT2D eigenvalue weighted by molar-refractivity contribution is -0.127. The number of hydrogen-bond donors (Lipinski definition) is 1. The van der Waals surface area contributed by atoms with Crippen molar-refractivity contribution in [2.24, 2.45) is 5.92 Å². The SMILES string of the molecule is CCOc1ccccc1-c1ccc(C2(NC(=O)[C@@H]3CCN(C)C3)CCN(c3ccc(Cl)cc3C#N)CC2)cn1. The summed E-state index contributed by atoms with van der Waals surface area (Å²) >= 11 is 6.14. The third kappa shape index (κ3) is 5.73. The Balaban J connectivity index is 1.43. The van der Waals surface area contributed by atoms with Crippen LogP contribution in [0.15, 0.2) is 60.8 Å². The van der Waals surface area contributed by atoms with Crippen LogP contribution in [0, 0.1) is 17.2 Å². The summed E-state index contributed by atoms with van der Waals surface area (Å²) in [4.78, 5) is 22.7. The Bertz CT molecular complexity index is 1360. The van der Waals surface area contributed by atoms with Gasteiger partial charge in [-0.3, -0.25) is 9.78 Å². The van der Waals surface area contributed by atoms with E-state index in [1.54, 1.807) is 6.07 Å². The molecule has 39 heavy (non-hydrogen) atoms. The average Bonchev–Trinajstić information content (AvgIpc) is 3.40. The number of anilines is 1. The third-order valence-corrected chi connectivity index (χ3v) is 8.18. The highest BCUT2D eigenvalue weighted by molar-refractivity contribution is 6.30. The van der Waals surface area contributed by atoms with Gasteiger partial charge in [0, 0.05) is 36.4 Å². The van der Waals surface area contributed by atoms with Gasteiger partial charge in [0.15, 0.2) is 0 Å². The number of carbonyl (C=O) groups excluding carboxylic acids is 1. The van der Waals surface area contributed by atoms with E-state index >= 15 is 0 Å². The molecule has 3 aromatic rings. The number of nitriles is 1. The van der Waals surface area contributed by atoms with Crippen LogP contribution in [-0.4, -0.2) is 55.6 Å². The maximum Gasteiger partial charge on any atom is 0.225 e. The second-order valence-corrected chi connectivity index (χ2v) is 10.9. The molecule has 7 nitrogen and oxygen atoms in total. The second kappa shape index (κ2) is 11.6. The molecule has 0 bridgehead atoms. The minimum absolute atomic E-state index is 0.0170. The number of hydrogen-bond acceptors (Lipinski definition) is 6. The Morgan fingerprint density at radius 2 is 1.97 bits per heavy atom. The number of likely N-dealkylation sites (tertiary alicyclic amines) is 1. The number of amides is 1. The first kappa shape index (κ1) is 27.0. The Labute approximate surface area is 235 Å². The zero-order valence-corrected chi connectivity index (χ0v) is 23.2. The van der Waals surface area contributed by atoms with Gasteiger partial charge < -0.3 is 19.9 Å². The van der Waals surface area contributed by atoms with Gasteiger partial charge in [0.1, 0.15) is 11.8 Å². The fourth-order valence-corrected chi connectivity index (χ4v) is 5.94. The zero-order valence-electron chi connectivity index (χ0n) is 22.5. The Hall–Kier alpha value is -3.60. The van der Waals surface area contributed by atoms with Crippen molar-refractivity contribution in [1.29, 1.82) is 5.26 Å². The average molecular weight is 544 g/mol. The summed E-state index contributed by atoms with van der Waals surface area (Å²) in [5, 5.41) is 13.7. The first-order chi connectivity index (χ1) is 18.9. The van der Waals surface area contributed by atoms with Crippen LogP contribution in [0.3, 0.4) is 0 Å². The molecule has 2 aromatic carbocycles. The minimum atomic E-state index is -0.543. The summed E-state index contributed by atoms with van der Waals surface area (Å²) in [6.45, 7) is 5.64. The minimum Gasteiger partial charge on any atom is -0.493 e. The number of nitrogens with zero attached hydrogens (tertiary/aromatic N) is 4. The molecule has 8 heteroatoms. The molecule has 1 N–H and O–H groups in total. The fraction of sp³-hybridized carbons (Fsp3) is 0.387. The van der Waals surface area contributed by atoms with Crippen molar-refractivity contribution in [3.8, 4) is 23.1 Å². The topological polar surface area (TPSA) is 81.5 Å². The van der Waals surface area contributed by atoms with E-state index in [0.29, 0.717) is 43.1 Å². The van der Waals surface area contributed by atoms with Gasteiger partial charge in [-0.05, 0) is 81.7 Å². The summed E-state index contributed by atoms with van der Waals surface area (Å²) in [7, 11) is 2.06. The first-order valence-corrected chi connectivity index (χ1v) is 13.9. The highest BCUT2D eigenvalue weighted by atomic mass is 35.5. The standard InChI is InChI=1S/C31H34ClN5O2/c1-3-39-29-7-5-4-6-26(29)27-10-8-24(20-34-27)31(35-30(38)22-12-15-36(2)21-22)13-16-37(17-14-31)28-11-9-25(32)18-23(28)19-33/h4-11,18,20,22H,3,12-17,21H2,1-2H3,(H,35,38)/t22-/m1/s1. The predicted molar refractivity (Wildman–Crippen MR) is 154 cm³/mol. The molecule has 0 saturated carbocycles. The van der Waals surface area contributed by atoms with Crippen molar-refractivity contribution in [3.05, 3.63) is 76.9 Å². The van der Waals surface area contributed by atoms with E-state index in [-0.39, 0.29) is 11.8 Å². The smallest absolute Gasteiger partial charge is 0.225 e. The van der Waals surface area contributed by atoms with Crippen molar-refractivity contribution in [3.63, 3.8) is 0 Å². The number of nitrogens with one attached hydrogen (secondary N) is 1. The van der Waals surface area contributed by atoms with E-state index in [1.807, 2.05) is 55.6 Å². The molecule has 2 saturated heterocycles. The zero-order chi connectivity index (χ0) is 27.4. The summed E-state index contributed by atoms with van der Waals surface area (Å²) in [5.74, 6) is 0.887. The molecule has 202 valence electrons. The summed E-state index contributed by atoms with van der Waals surface area (Å²) in [6, 6.07) is 19.7. The molecular weight excluding hydrogens is 510 g/mol. The summed E-state index contributed by atoms with van der Waals surface area (Å²) in [5.41, 5.74) is 3.67. The molecule has 0 aliphatic carbocycles. The Kier molecular flexibility index (Phi) is 8.06. The molecule has 0 spiro atoms. The van der Waals surface area contributed by atoms with Gasteiger partial charge in [-0.15, -0.1) is 0 Å². The number of piperidine rings is 1. The molecule has 2 aliphatic rings. The van der Waals surface area contributed by atoms with E-state index < -0.39 is 5.54 Å². The van der Waals surface area contributed by atoms with Crippen LogP contribution < -0.4 is 15.0 Å². The van der Waals surface area contributed by atoms with Gasteiger partial charge in [-0.25, -0.2) is 0 Å². The molecule has 3 heterocycles. The van der Waals surface area contributed by atoms with E-state index in [2.05, 4.69) is 34.3 Å². The Morgan fingerprint density at radius 1 is 1.18 bits per heavy atom. The van der Waals surface area contributed by atoms with E-state index in [9.17, 15) is 10.1 Å². The van der Waals surface area contributed by atoms with E-state index in [0.717, 1.165) is 47.8 Å². The molecule has 5 rings (SSSR count). The lowest BCUT2D eigenvalue weighted by Gasteiger charge is -2.44. The number of aromatic nitrogens is 1. The number of rotatable bonds is 7. The molecule has 0 radical (unpaired) electrons. The van der Waals surface area contributed by atoms with Gasteiger partial charge in [0.05, 0.1) is 35.0 Å². The third-order valence-electron chi connectivity index (χ3n) is 7.94. The molecule has 1 aromatic heterocycles. The fourth-order valence-electron chi connectivity index (χ4n) is 5.77. The van der Waals surface area contributed by atoms with E-state index in [1.165, 1.54) is 0 Å². The van der Waals surface area contributed by atoms with Crippen LogP contribution in [0.1, 0.15) is 37.3 Å². The quantitative estimate of drug-likeness (QED) is 0.439. The number of halogens is 1. The van der Waals surface area contributed by atoms with Crippen molar-refractivity contribution >= 4 is 23.2 Å². The molecule has 2 aliphatic heterocycles.